The van der Waals surface area contributed by atoms with Gasteiger partial charge in [-0.1, -0.05) is 23.7 Å². The minimum Gasteiger partial charge on any atom is -0.481 e. The molecular formula is C21H21ClN2O7. The highest BCUT2D eigenvalue weighted by atomic mass is 35.5. The molecule has 2 heterocycles. The third-order valence-electron chi connectivity index (χ3n) is 6.18. The number of fused-ring (bicyclic) bond motifs is 1. The molecule has 0 saturated heterocycles. The molecule has 1 aromatic heterocycles. The Kier molecular flexibility index (Phi) is 5.59. The summed E-state index contributed by atoms with van der Waals surface area (Å²) in [5, 5.41) is 20.9. The lowest BCUT2D eigenvalue weighted by molar-refractivity contribution is -0.770. The zero-order valence-electron chi connectivity index (χ0n) is 16.9. The number of hydrogen-bond donors (Lipinski definition) is 1. The van der Waals surface area contributed by atoms with E-state index >= 15 is 0 Å². The van der Waals surface area contributed by atoms with Gasteiger partial charge < -0.3 is 19.4 Å². The molecule has 0 unspecified atom stereocenters. The first-order chi connectivity index (χ1) is 14.8. The number of aryl methyl sites for hydroxylation is 1. The summed E-state index contributed by atoms with van der Waals surface area (Å²) >= 11 is 5.99. The van der Waals surface area contributed by atoms with Crippen LogP contribution in [0.4, 0.5) is 0 Å². The van der Waals surface area contributed by atoms with Crippen LogP contribution in [0.1, 0.15) is 46.9 Å². The minimum atomic E-state index is -1.44. The summed E-state index contributed by atoms with van der Waals surface area (Å²) in [6.07, 6.45) is -0.528. The molecule has 2 aromatic rings. The maximum atomic E-state index is 12.6. The molecular weight excluding hydrogens is 428 g/mol. The van der Waals surface area contributed by atoms with Crippen LogP contribution in [0, 0.1) is 17.0 Å². The van der Waals surface area contributed by atoms with E-state index in [0.717, 1.165) is 16.7 Å². The number of carboxylic acid groups (broad SMARTS) is 1. The Morgan fingerprint density at radius 3 is 2.61 bits per heavy atom. The van der Waals surface area contributed by atoms with Gasteiger partial charge >= 0.3 is 5.97 Å². The maximum absolute atomic E-state index is 12.6. The van der Waals surface area contributed by atoms with Crippen LogP contribution >= 0.6 is 11.6 Å². The Hall–Kier alpha value is -2.75. The number of ether oxygens (including phenoxy) is 2. The fraction of sp³-hybridized carbons (Fsp3) is 0.429. The summed E-state index contributed by atoms with van der Waals surface area (Å²) in [5.41, 5.74) is 2.01. The molecule has 1 saturated carbocycles. The quantitative estimate of drug-likeness (QED) is 0.527. The predicted octanol–water partition coefficient (Wildman–Crippen LogP) is 3.37. The molecule has 164 valence electrons. The van der Waals surface area contributed by atoms with Crippen LogP contribution in [-0.4, -0.2) is 40.5 Å². The van der Waals surface area contributed by atoms with Crippen molar-refractivity contribution in [2.45, 2.75) is 50.1 Å². The molecule has 1 aromatic carbocycles. The Bertz CT molecular complexity index is 1030. The molecule has 31 heavy (non-hydrogen) atoms. The van der Waals surface area contributed by atoms with Crippen LogP contribution in [0.15, 0.2) is 30.5 Å². The van der Waals surface area contributed by atoms with E-state index in [-0.39, 0.29) is 19.4 Å². The number of carboxylic acids is 1. The van der Waals surface area contributed by atoms with Gasteiger partial charge in [0, 0.05) is 29.6 Å². The van der Waals surface area contributed by atoms with Crippen molar-refractivity contribution in [1.29, 1.82) is 0 Å². The van der Waals surface area contributed by atoms with Crippen molar-refractivity contribution >= 4 is 17.6 Å². The average Bonchev–Trinajstić information content (AvgIpc) is 3.30. The summed E-state index contributed by atoms with van der Waals surface area (Å²) in [4.78, 5) is 32.8. The maximum Gasteiger partial charge on any atom is 0.314 e. The summed E-state index contributed by atoms with van der Waals surface area (Å²) < 4.78 is 11.4. The van der Waals surface area contributed by atoms with Crippen LogP contribution < -0.4 is 0 Å². The average molecular weight is 449 g/mol. The highest BCUT2D eigenvalue weighted by Gasteiger charge is 2.56. The number of hydrogen-bond acceptors (Lipinski definition) is 7. The van der Waals surface area contributed by atoms with Gasteiger partial charge in [0.2, 0.25) is 0 Å². The molecule has 2 aliphatic rings. The summed E-state index contributed by atoms with van der Waals surface area (Å²) in [6.45, 7) is 1.94. The first-order valence-electron chi connectivity index (χ1n) is 9.70. The van der Waals surface area contributed by atoms with E-state index < -0.39 is 34.8 Å². The Labute approximate surface area is 183 Å². The first-order valence-corrected chi connectivity index (χ1v) is 10.1. The molecule has 0 radical (unpaired) electrons. The largest absolute Gasteiger partial charge is 0.481 e. The number of methoxy groups -OCH3 is 1. The van der Waals surface area contributed by atoms with Crippen LogP contribution in [0.25, 0.3) is 0 Å². The summed E-state index contributed by atoms with van der Waals surface area (Å²) in [5.74, 6) is -1.10. The Morgan fingerprint density at radius 1 is 1.32 bits per heavy atom. The van der Waals surface area contributed by atoms with Gasteiger partial charge in [0.1, 0.15) is 12.2 Å². The predicted molar refractivity (Wildman–Crippen MR) is 108 cm³/mol. The fourth-order valence-corrected chi connectivity index (χ4v) is 4.95. The van der Waals surface area contributed by atoms with Crippen LogP contribution in [0.5, 0.6) is 0 Å². The lowest BCUT2D eigenvalue weighted by Gasteiger charge is -2.28. The zero-order valence-corrected chi connectivity index (χ0v) is 17.7. The van der Waals surface area contributed by atoms with Gasteiger partial charge in [0.25, 0.3) is 5.09 Å². The molecule has 9 nitrogen and oxygen atoms in total. The number of carbonyl (C=O) groups is 1. The van der Waals surface area contributed by atoms with E-state index in [2.05, 4.69) is 4.98 Å². The zero-order chi connectivity index (χ0) is 22.3. The molecule has 0 amide bonds. The molecule has 1 aliphatic heterocycles. The van der Waals surface area contributed by atoms with Crippen molar-refractivity contribution in [2.24, 2.45) is 0 Å². The van der Waals surface area contributed by atoms with E-state index in [0.29, 0.717) is 16.3 Å². The number of benzene rings is 1. The third-order valence-corrected chi connectivity index (χ3v) is 6.44. The molecule has 0 spiro atoms. The molecule has 4 atom stereocenters. The SMILES string of the molecule is CO[C@@H]1C[C@@](C(=O)O)(c2c(C)ncc3c2CO[C@H]3c2ccc(Cl)cc2)C[C@H]1O[N+](=O)[O-]. The third kappa shape index (κ3) is 3.62. The van der Waals surface area contributed by atoms with Gasteiger partial charge in [-0.3, -0.25) is 9.78 Å². The molecule has 1 aliphatic carbocycles. The molecule has 0 bridgehead atoms. The van der Waals surface area contributed by atoms with Gasteiger partial charge in [-0.2, -0.15) is 0 Å². The summed E-state index contributed by atoms with van der Waals surface area (Å²) in [6, 6.07) is 7.23. The fourth-order valence-electron chi connectivity index (χ4n) is 4.83. The van der Waals surface area contributed by atoms with E-state index in [1.54, 1.807) is 25.3 Å². The Morgan fingerprint density at radius 2 is 2.00 bits per heavy atom. The van der Waals surface area contributed by atoms with E-state index in [9.17, 15) is 20.0 Å². The highest BCUT2D eigenvalue weighted by Crippen LogP contribution is 2.49. The van der Waals surface area contributed by atoms with E-state index in [1.165, 1.54) is 7.11 Å². The van der Waals surface area contributed by atoms with Crippen molar-refractivity contribution in [3.63, 3.8) is 0 Å². The lowest BCUT2D eigenvalue weighted by Crippen LogP contribution is -2.36. The second kappa shape index (κ2) is 8.07. The smallest absolute Gasteiger partial charge is 0.314 e. The monoisotopic (exact) mass is 448 g/mol. The number of rotatable bonds is 6. The van der Waals surface area contributed by atoms with Crippen molar-refractivity contribution < 1.29 is 29.3 Å². The molecule has 10 heteroatoms. The number of nitrogens with zero attached hydrogens (tertiary/aromatic N) is 2. The normalized spacial score (nSPS) is 27.1. The second-order valence-corrected chi connectivity index (χ2v) is 8.27. The number of aromatic nitrogens is 1. The van der Waals surface area contributed by atoms with Gasteiger partial charge in [-0.15, -0.1) is 10.1 Å². The highest BCUT2D eigenvalue weighted by molar-refractivity contribution is 6.30. The van der Waals surface area contributed by atoms with Gasteiger partial charge in [-0.25, -0.2) is 0 Å². The lowest BCUT2D eigenvalue weighted by atomic mass is 9.74. The van der Waals surface area contributed by atoms with Gasteiger partial charge in [0.05, 0.1) is 18.1 Å². The van der Waals surface area contributed by atoms with E-state index in [1.807, 2.05) is 12.1 Å². The van der Waals surface area contributed by atoms with Crippen molar-refractivity contribution in [2.75, 3.05) is 7.11 Å². The van der Waals surface area contributed by atoms with Crippen LogP contribution in [-0.2, 0) is 31.1 Å². The second-order valence-electron chi connectivity index (χ2n) is 7.83. The van der Waals surface area contributed by atoms with Crippen LogP contribution in [0.2, 0.25) is 5.02 Å². The Balaban J connectivity index is 1.81. The number of aliphatic carboxylic acids is 1. The van der Waals surface area contributed by atoms with Gasteiger partial charge in [0.15, 0.2) is 0 Å². The van der Waals surface area contributed by atoms with Crippen molar-refractivity contribution in [3.05, 3.63) is 73.5 Å². The van der Waals surface area contributed by atoms with Crippen molar-refractivity contribution in [3.8, 4) is 0 Å². The van der Waals surface area contributed by atoms with E-state index in [4.69, 9.17) is 25.9 Å². The minimum absolute atomic E-state index is 0.0297. The molecule has 1 N–H and O–H groups in total. The van der Waals surface area contributed by atoms with Crippen molar-refractivity contribution in [1.82, 2.24) is 4.98 Å². The topological polar surface area (TPSA) is 121 Å². The van der Waals surface area contributed by atoms with Gasteiger partial charge in [-0.05, 0) is 48.6 Å². The standard InChI is InChI=1S/C21H21ClN2O7/c1-11-18(21(20(25)26)7-16(29-2)17(8-21)31-24(27)28)15-10-30-19(14(15)9-23-11)12-3-5-13(22)6-4-12/h3-6,9,16-17,19H,7-8,10H2,1-2H3,(H,25,26)/t16-,17-,19+,21+/m1/s1. The number of pyridine rings is 1. The number of halogens is 1. The molecule has 1 fully saturated rings. The molecule has 4 rings (SSSR count). The van der Waals surface area contributed by atoms with Crippen LogP contribution in [0.3, 0.4) is 0 Å². The summed E-state index contributed by atoms with van der Waals surface area (Å²) in [7, 11) is 1.39. The first kappa shape index (κ1) is 21.5.